The van der Waals surface area contributed by atoms with Gasteiger partial charge in [0.2, 0.25) is 0 Å². The molecule has 1 aliphatic carbocycles. The van der Waals surface area contributed by atoms with Gasteiger partial charge in [0.15, 0.2) is 0 Å². The van der Waals surface area contributed by atoms with Gasteiger partial charge in [0.25, 0.3) is 0 Å². The number of carboxylic acid groups (broad SMARTS) is 1. The number of thiazole rings is 1. The van der Waals surface area contributed by atoms with Crippen molar-refractivity contribution in [3.8, 4) is 0 Å². The lowest BCUT2D eigenvalue weighted by atomic mass is 9.84. The topological polar surface area (TPSA) is 118 Å². The fourth-order valence-corrected chi connectivity index (χ4v) is 6.73. The maximum absolute atomic E-state index is 10.8. The minimum atomic E-state index is -0.830. The van der Waals surface area contributed by atoms with Crippen molar-refractivity contribution in [1.29, 1.82) is 0 Å². The van der Waals surface area contributed by atoms with E-state index in [1.807, 2.05) is 23.5 Å². The molecule has 2 fully saturated rings. The number of carboxylic acids is 1. The number of ether oxygens (including phenoxy) is 1. The van der Waals surface area contributed by atoms with Gasteiger partial charge < -0.3 is 20.6 Å². The minimum Gasteiger partial charge on any atom is -0.481 e. The summed E-state index contributed by atoms with van der Waals surface area (Å²) >= 11 is 7.97. The smallest absolute Gasteiger partial charge is 0.303 e. The van der Waals surface area contributed by atoms with E-state index in [-0.39, 0.29) is 18.6 Å². The summed E-state index contributed by atoms with van der Waals surface area (Å²) < 4.78 is 6.27. The number of halogens is 1. The predicted molar refractivity (Wildman–Crippen MR) is 152 cm³/mol. The molecule has 0 bridgehead atoms. The number of nitrogens with zero attached hydrogens (tertiary/aromatic N) is 3. The number of carbonyl (C=O) groups is 1. The Morgan fingerprint density at radius 2 is 1.97 bits per heavy atom. The molecule has 38 heavy (non-hydrogen) atoms. The monoisotopic (exact) mass is 561 g/mol. The van der Waals surface area contributed by atoms with E-state index < -0.39 is 5.97 Å². The van der Waals surface area contributed by atoms with Crippen molar-refractivity contribution in [2.24, 2.45) is 11.6 Å². The first kappa shape index (κ1) is 28.8. The average molecular weight is 562 g/mol. The van der Waals surface area contributed by atoms with E-state index >= 15 is 0 Å². The number of hydrogen-bond acceptors (Lipinski definition) is 8. The molecule has 5 N–H and O–H groups in total. The Labute approximate surface area is 234 Å². The van der Waals surface area contributed by atoms with Gasteiger partial charge in [0, 0.05) is 53.6 Å². The zero-order chi connectivity index (χ0) is 27.2. The Balaban J connectivity index is 1.43. The summed E-state index contributed by atoms with van der Waals surface area (Å²) in [6, 6.07) is 8.77. The number of nitrogens with two attached hydrogens (primary N) is 2. The van der Waals surface area contributed by atoms with Gasteiger partial charge in [-0.2, -0.15) is 0 Å². The minimum absolute atomic E-state index is 0.0737. The Morgan fingerprint density at radius 1 is 1.26 bits per heavy atom. The molecular formula is C28H40ClN5O3S. The van der Waals surface area contributed by atoms with Gasteiger partial charge in [0.1, 0.15) is 6.10 Å². The van der Waals surface area contributed by atoms with E-state index in [4.69, 9.17) is 38.0 Å². The molecule has 0 radical (unpaired) electrons. The van der Waals surface area contributed by atoms with Gasteiger partial charge in [-0.3, -0.25) is 9.69 Å². The van der Waals surface area contributed by atoms with Crippen LogP contribution in [0.2, 0.25) is 5.02 Å². The number of aliphatic carboxylic acids is 1. The molecule has 1 saturated carbocycles. The molecule has 208 valence electrons. The second-order valence-electron chi connectivity index (χ2n) is 10.6. The van der Waals surface area contributed by atoms with Crippen LogP contribution in [0.4, 0.5) is 0 Å². The number of hydrogen-bond donors (Lipinski definition) is 3. The van der Waals surface area contributed by atoms with E-state index in [0.717, 1.165) is 42.8 Å². The Hall–Kier alpha value is -2.17. The molecule has 1 aromatic heterocycles. The molecule has 1 aromatic carbocycles. The summed E-state index contributed by atoms with van der Waals surface area (Å²) in [7, 11) is 0. The van der Waals surface area contributed by atoms with Crippen LogP contribution in [-0.4, -0.2) is 63.9 Å². The van der Waals surface area contributed by atoms with Crippen molar-refractivity contribution in [2.75, 3.05) is 19.7 Å². The molecule has 2 heterocycles. The molecule has 2 atom stereocenters. The lowest BCUT2D eigenvalue weighted by Crippen LogP contribution is -2.56. The molecule has 0 spiro atoms. The first-order valence-electron chi connectivity index (χ1n) is 13.5. The quantitative estimate of drug-likeness (QED) is 0.285. The van der Waals surface area contributed by atoms with Crippen LogP contribution in [0.5, 0.6) is 0 Å². The molecule has 2 aliphatic rings. The third-order valence-corrected chi connectivity index (χ3v) is 9.26. The molecule has 1 saturated heterocycles. The van der Waals surface area contributed by atoms with Crippen LogP contribution in [0.3, 0.4) is 0 Å². The molecular weight excluding hydrogens is 522 g/mol. The Kier molecular flexibility index (Phi) is 10.1. The molecule has 1 aliphatic heterocycles. The molecule has 10 heteroatoms. The van der Waals surface area contributed by atoms with Crippen molar-refractivity contribution in [1.82, 2.24) is 14.9 Å². The Bertz CT molecular complexity index is 1080. The zero-order valence-electron chi connectivity index (χ0n) is 22.3. The van der Waals surface area contributed by atoms with E-state index in [2.05, 4.69) is 30.9 Å². The van der Waals surface area contributed by atoms with Crippen LogP contribution in [0.25, 0.3) is 0 Å². The van der Waals surface area contributed by atoms with E-state index in [9.17, 15) is 4.79 Å². The highest BCUT2D eigenvalue weighted by molar-refractivity contribution is 7.11. The summed E-state index contributed by atoms with van der Waals surface area (Å²) in [6.45, 7) is 5.96. The summed E-state index contributed by atoms with van der Waals surface area (Å²) in [6.07, 6.45) is 7.36. The number of rotatable bonds is 10. The van der Waals surface area contributed by atoms with Gasteiger partial charge in [-0.15, -0.1) is 11.3 Å². The van der Waals surface area contributed by atoms with Gasteiger partial charge in [0.05, 0.1) is 23.0 Å². The maximum Gasteiger partial charge on any atom is 0.303 e. The number of aromatic nitrogens is 1. The van der Waals surface area contributed by atoms with Crippen LogP contribution in [0, 0.1) is 13.8 Å². The molecule has 2 aromatic rings. The second-order valence-corrected chi connectivity index (χ2v) is 12.2. The number of benzene rings is 1. The summed E-state index contributed by atoms with van der Waals surface area (Å²) in [5.74, 6) is 5.78. The van der Waals surface area contributed by atoms with Crippen molar-refractivity contribution in [3.63, 3.8) is 0 Å². The van der Waals surface area contributed by atoms with Gasteiger partial charge in [-0.05, 0) is 70.1 Å². The van der Waals surface area contributed by atoms with Gasteiger partial charge >= 0.3 is 5.97 Å². The van der Waals surface area contributed by atoms with E-state index in [1.54, 1.807) is 6.20 Å². The zero-order valence-corrected chi connectivity index (χ0v) is 23.9. The largest absolute Gasteiger partial charge is 0.481 e. The molecule has 0 amide bonds. The van der Waals surface area contributed by atoms with Gasteiger partial charge in [-0.25, -0.2) is 10.8 Å². The highest BCUT2D eigenvalue weighted by Gasteiger charge is 2.37. The summed E-state index contributed by atoms with van der Waals surface area (Å²) in [4.78, 5) is 19.6. The lowest BCUT2D eigenvalue weighted by molar-refractivity contribution is -0.137. The standard InChI is InChI=1S/C28H40ClN5O3S/c1-18-19(2)38-28(32-18)21-7-11-23(12-8-21)34-16-26(25(30)15-33(31)13-3-4-27(35)36)37-17-24(34)14-20-5-9-22(29)10-6-20/h5-6,9-10,15,21,23-24,26H,3-4,7-8,11-14,16-17,30-31H2,1-2H3,(H,35,36)/b25-15-. The van der Waals surface area contributed by atoms with Crippen LogP contribution in [-0.2, 0) is 16.0 Å². The van der Waals surface area contributed by atoms with Crippen LogP contribution < -0.4 is 11.6 Å². The SMILES string of the molecule is Cc1nc(C2CCC(N3CC(/C(N)=C/N(N)CCCC(=O)O)OCC3Cc3ccc(Cl)cc3)CC2)sc1C. The van der Waals surface area contributed by atoms with Crippen molar-refractivity contribution < 1.29 is 14.6 Å². The van der Waals surface area contributed by atoms with E-state index in [0.29, 0.717) is 43.8 Å². The van der Waals surface area contributed by atoms with Crippen LogP contribution in [0.15, 0.2) is 36.2 Å². The fourth-order valence-electron chi connectivity index (χ4n) is 5.51. The summed E-state index contributed by atoms with van der Waals surface area (Å²) in [5.41, 5.74) is 9.42. The van der Waals surface area contributed by atoms with Crippen molar-refractivity contribution in [3.05, 3.63) is 62.3 Å². The number of morpholine rings is 1. The summed E-state index contributed by atoms with van der Waals surface area (Å²) in [5, 5.41) is 12.4. The highest BCUT2D eigenvalue weighted by Crippen LogP contribution is 2.38. The lowest BCUT2D eigenvalue weighted by Gasteiger charge is -2.46. The first-order chi connectivity index (χ1) is 18.2. The maximum atomic E-state index is 10.8. The third-order valence-electron chi connectivity index (χ3n) is 7.77. The van der Waals surface area contributed by atoms with Crippen LogP contribution >= 0.6 is 22.9 Å². The third kappa shape index (κ3) is 7.70. The molecule has 4 rings (SSSR count). The normalized spacial score (nSPS) is 24.9. The van der Waals surface area contributed by atoms with Crippen LogP contribution in [0.1, 0.15) is 65.6 Å². The average Bonchev–Trinajstić information content (AvgIpc) is 3.23. The van der Waals surface area contributed by atoms with Crippen molar-refractivity contribution in [2.45, 2.75) is 82.9 Å². The second kappa shape index (κ2) is 13.3. The fraction of sp³-hybridized carbons (Fsp3) is 0.571. The predicted octanol–water partition coefficient (Wildman–Crippen LogP) is 4.59. The van der Waals surface area contributed by atoms with Crippen molar-refractivity contribution >= 4 is 28.9 Å². The van der Waals surface area contributed by atoms with E-state index in [1.165, 1.54) is 20.5 Å². The number of hydrazine groups is 1. The number of aryl methyl sites for hydroxylation is 2. The molecule has 8 nitrogen and oxygen atoms in total. The highest BCUT2D eigenvalue weighted by atomic mass is 35.5. The molecule has 2 unspecified atom stereocenters. The first-order valence-corrected chi connectivity index (χ1v) is 14.6. The Morgan fingerprint density at radius 3 is 2.61 bits per heavy atom. The van der Waals surface area contributed by atoms with Gasteiger partial charge in [-0.1, -0.05) is 23.7 Å².